The van der Waals surface area contributed by atoms with E-state index in [4.69, 9.17) is 18.9 Å². The van der Waals surface area contributed by atoms with Gasteiger partial charge in [0.15, 0.2) is 12.4 Å². The molecule has 0 saturated carbocycles. The van der Waals surface area contributed by atoms with Gasteiger partial charge >= 0.3 is 11.9 Å². The van der Waals surface area contributed by atoms with Crippen LogP contribution in [0.15, 0.2) is 0 Å². The molecule has 3 saturated heterocycles. The largest absolute Gasteiger partial charge is 0.459 e. The molecule has 12 nitrogen and oxygen atoms in total. The van der Waals surface area contributed by atoms with Crippen LogP contribution in [-0.4, -0.2) is 147 Å². The Morgan fingerprint density at radius 2 is 1.77 bits per heavy atom. The van der Waals surface area contributed by atoms with E-state index in [-0.39, 0.29) is 43.3 Å². The molecule has 0 amide bonds. The molecule has 52 heavy (non-hydrogen) atoms. The third-order valence-electron chi connectivity index (χ3n) is 11.6. The van der Waals surface area contributed by atoms with E-state index in [1.165, 1.54) is 19.1 Å². The van der Waals surface area contributed by atoms with Crippen molar-refractivity contribution in [3.63, 3.8) is 0 Å². The molecule has 4 N–H and O–H groups in total. The Morgan fingerprint density at radius 1 is 1.10 bits per heavy atom. The lowest BCUT2D eigenvalue weighted by Crippen LogP contribution is -2.60. The molecule has 3 aliphatic heterocycles. The van der Waals surface area contributed by atoms with E-state index in [1.807, 2.05) is 66.4 Å². The highest BCUT2D eigenvalue weighted by atomic mass is 33.1. The van der Waals surface area contributed by atoms with Gasteiger partial charge in [0, 0.05) is 35.9 Å². The molecule has 3 aliphatic rings. The Morgan fingerprint density at radius 3 is 2.37 bits per heavy atom. The maximum atomic E-state index is 13.6. The van der Waals surface area contributed by atoms with Gasteiger partial charge in [-0.1, -0.05) is 48.8 Å². The maximum absolute atomic E-state index is 13.6. The third-order valence-corrected chi connectivity index (χ3v) is 14.6. The van der Waals surface area contributed by atoms with Crippen molar-refractivity contribution in [2.75, 3.05) is 33.4 Å². The van der Waals surface area contributed by atoms with Gasteiger partial charge in [0.2, 0.25) is 0 Å². The number of ether oxygens (including phenoxy) is 4. The van der Waals surface area contributed by atoms with Crippen molar-refractivity contribution in [2.45, 2.75) is 178 Å². The number of nitrogens with zero attached hydrogens (tertiary/aromatic N) is 2. The summed E-state index contributed by atoms with van der Waals surface area (Å²) in [6, 6.07) is -0.754. The van der Waals surface area contributed by atoms with Gasteiger partial charge in [-0.25, -0.2) is 0 Å². The Labute approximate surface area is 320 Å². The van der Waals surface area contributed by atoms with Gasteiger partial charge in [0.05, 0.1) is 35.9 Å². The zero-order chi connectivity index (χ0) is 39.1. The summed E-state index contributed by atoms with van der Waals surface area (Å²) in [5.41, 5.74) is -3.32. The van der Waals surface area contributed by atoms with Gasteiger partial charge in [0.25, 0.3) is 0 Å². The lowest BCUT2D eigenvalue weighted by molar-refractivity contribution is -0.301. The first-order valence-corrected chi connectivity index (χ1v) is 21.8. The zero-order valence-corrected chi connectivity index (χ0v) is 35.2. The number of aliphatic hydroxyl groups excluding tert-OH is 2. The second kappa shape index (κ2) is 20.0. The number of likely N-dealkylation sites (N-methyl/N-ethyl adjacent to an activating group) is 2. The second-order valence-corrected chi connectivity index (χ2v) is 19.4. The van der Waals surface area contributed by atoms with E-state index < -0.39 is 71.9 Å². The molecular weight excluding hydrogens is 709 g/mol. The number of unbranched alkanes of at least 4 members (excludes halogenated alkanes) is 1. The smallest absolute Gasteiger partial charge is 0.311 e. The molecule has 3 heterocycles. The Hall–Kier alpha value is -0.680. The number of hydrogen-bond donors (Lipinski definition) is 4. The molecule has 0 aliphatic carbocycles. The highest BCUT2D eigenvalue weighted by Gasteiger charge is 2.50. The molecule has 0 aromatic rings. The highest BCUT2D eigenvalue weighted by Crippen LogP contribution is 2.40. The van der Waals surface area contributed by atoms with Crippen LogP contribution in [0.2, 0.25) is 0 Å². The fourth-order valence-corrected chi connectivity index (χ4v) is 11.3. The van der Waals surface area contributed by atoms with E-state index >= 15 is 0 Å². The number of esters is 2. The summed E-state index contributed by atoms with van der Waals surface area (Å²) in [6.07, 6.45) is -1.50. The second-order valence-electron chi connectivity index (χ2n) is 16.7. The normalized spacial score (nSPS) is 43.5. The van der Waals surface area contributed by atoms with Crippen LogP contribution in [0.1, 0.15) is 107 Å². The number of carbonyl (C=O) groups excluding carboxylic acids is 2. The van der Waals surface area contributed by atoms with Crippen molar-refractivity contribution < 1.29 is 49.0 Å². The first-order valence-electron chi connectivity index (χ1n) is 19.4. The Bertz CT molecular complexity index is 1130. The predicted molar refractivity (Wildman–Crippen MR) is 206 cm³/mol. The van der Waals surface area contributed by atoms with Gasteiger partial charge in [-0.15, -0.1) is 0 Å². The van der Waals surface area contributed by atoms with Crippen LogP contribution in [0.5, 0.6) is 0 Å². The standard InChI is InChI=1S/C38H70N2O10S2/c1-12-29-38(8,46)33(43)26(6)40(11)21-22(2)20-37(7,45)34(24(4)31(42)25(5)35(44)48-29)50-36-32(28(39(9)10)19-23(3)47-36)49-30(41)16-14-13-15-27-17-18-51-52-27/h22-29,31-34,36,42-43,45-46H,12-21H2,1-11H3/t22-,23+,24+,25-,26-,27-,28-,29-,31+,32+,33-,34-,36-,37?,38-/m0/s1. The molecule has 3 rings (SSSR count). The monoisotopic (exact) mass is 778 g/mol. The van der Waals surface area contributed by atoms with Crippen molar-refractivity contribution in [1.82, 2.24) is 9.80 Å². The van der Waals surface area contributed by atoms with Crippen molar-refractivity contribution in [1.29, 1.82) is 0 Å². The van der Waals surface area contributed by atoms with E-state index in [0.717, 1.165) is 19.3 Å². The average Bonchev–Trinajstić information content (AvgIpc) is 3.59. The quantitative estimate of drug-likeness (QED) is 0.142. The summed E-state index contributed by atoms with van der Waals surface area (Å²) in [6.45, 7) is 14.3. The summed E-state index contributed by atoms with van der Waals surface area (Å²) >= 11 is 0. The number of cyclic esters (lactones) is 1. The summed E-state index contributed by atoms with van der Waals surface area (Å²) in [7, 11) is 9.54. The minimum Gasteiger partial charge on any atom is -0.459 e. The lowest BCUT2D eigenvalue weighted by atomic mass is 9.78. The SMILES string of the molecule is CC[C@@H]1OC(=O)[C@@H](C)[C@H](O)[C@@H](C)[C@H](O[C@@H]2O[C@H](C)C[C@H](N(C)C)[C@H]2OC(=O)CCCC[C@H]2CCSS2)C(C)(O)C[C@H](C)CN(C)[C@@H](C)[C@H](O)[C@@]1(C)O. The molecule has 0 bridgehead atoms. The van der Waals surface area contributed by atoms with Crippen molar-refractivity contribution in [3.8, 4) is 0 Å². The molecule has 304 valence electrons. The predicted octanol–water partition coefficient (Wildman–Crippen LogP) is 4.24. The summed E-state index contributed by atoms with van der Waals surface area (Å²) in [5, 5.41) is 47.5. The summed E-state index contributed by atoms with van der Waals surface area (Å²) in [4.78, 5) is 30.8. The zero-order valence-electron chi connectivity index (χ0n) is 33.5. The van der Waals surface area contributed by atoms with Crippen molar-refractivity contribution in [3.05, 3.63) is 0 Å². The van der Waals surface area contributed by atoms with Gasteiger partial charge < -0.3 is 49.2 Å². The number of hydrogen-bond acceptors (Lipinski definition) is 14. The molecule has 0 spiro atoms. The Balaban J connectivity index is 1.93. The lowest BCUT2D eigenvalue weighted by Gasteiger charge is -2.47. The van der Waals surface area contributed by atoms with Crippen molar-refractivity contribution in [2.24, 2.45) is 17.8 Å². The van der Waals surface area contributed by atoms with E-state index in [2.05, 4.69) is 0 Å². The first kappa shape index (κ1) is 45.7. The molecule has 1 unspecified atom stereocenters. The van der Waals surface area contributed by atoms with Crippen LogP contribution in [0, 0.1) is 17.8 Å². The van der Waals surface area contributed by atoms with Crippen molar-refractivity contribution >= 4 is 33.5 Å². The van der Waals surface area contributed by atoms with Crippen LogP contribution in [0.3, 0.4) is 0 Å². The van der Waals surface area contributed by atoms with E-state index in [0.29, 0.717) is 18.2 Å². The topological polar surface area (TPSA) is 158 Å². The highest BCUT2D eigenvalue weighted by molar-refractivity contribution is 8.77. The molecule has 0 aromatic heterocycles. The molecule has 0 aromatic carbocycles. The van der Waals surface area contributed by atoms with Crippen LogP contribution in [-0.2, 0) is 28.5 Å². The third kappa shape index (κ3) is 11.9. The van der Waals surface area contributed by atoms with Gasteiger partial charge in [-0.05, 0) is 100 Å². The maximum Gasteiger partial charge on any atom is 0.311 e. The van der Waals surface area contributed by atoms with E-state index in [9.17, 15) is 30.0 Å². The number of rotatable bonds is 10. The first-order chi connectivity index (χ1) is 24.2. The fraction of sp³-hybridized carbons (Fsp3) is 0.947. The molecular formula is C38H70N2O10S2. The van der Waals surface area contributed by atoms with Gasteiger partial charge in [-0.2, -0.15) is 0 Å². The van der Waals surface area contributed by atoms with Gasteiger partial charge in [-0.3, -0.25) is 9.59 Å². The average molecular weight is 779 g/mol. The van der Waals surface area contributed by atoms with Crippen LogP contribution in [0.25, 0.3) is 0 Å². The summed E-state index contributed by atoms with van der Waals surface area (Å²) < 4.78 is 25.1. The van der Waals surface area contributed by atoms with Crippen LogP contribution < -0.4 is 0 Å². The van der Waals surface area contributed by atoms with E-state index in [1.54, 1.807) is 34.6 Å². The number of aliphatic hydroxyl groups is 4. The minimum absolute atomic E-state index is 0.131. The summed E-state index contributed by atoms with van der Waals surface area (Å²) in [5.74, 6) is -1.91. The molecule has 0 radical (unpaired) electrons. The fourth-order valence-electron chi connectivity index (χ4n) is 8.26. The van der Waals surface area contributed by atoms with Crippen LogP contribution in [0.4, 0.5) is 0 Å². The molecule has 14 heteroatoms. The molecule has 15 atom stereocenters. The van der Waals surface area contributed by atoms with Gasteiger partial charge in [0.1, 0.15) is 17.8 Å². The Kier molecular flexibility index (Phi) is 17.5. The minimum atomic E-state index is -1.77. The van der Waals surface area contributed by atoms with Crippen LogP contribution >= 0.6 is 21.6 Å². The molecule has 3 fully saturated rings. The number of carbonyl (C=O) groups is 2.